The molecule has 0 aliphatic carbocycles. The highest BCUT2D eigenvalue weighted by Gasteiger charge is 2.34. The predicted octanol–water partition coefficient (Wildman–Crippen LogP) is 3.18. The number of phenolic OH excluding ortho intramolecular Hbond substituents is 1. The lowest BCUT2D eigenvalue weighted by atomic mass is 10.0. The number of nitrogens with one attached hydrogen (secondary N) is 2. The molecule has 3 aromatic rings. The number of nitrogens with zero attached hydrogens (tertiary/aromatic N) is 2. The third-order valence-corrected chi connectivity index (χ3v) is 5.20. The molecule has 3 N–H and O–H groups in total. The Morgan fingerprint density at radius 3 is 2.42 bits per heavy atom. The van der Waals surface area contributed by atoms with Crippen LogP contribution in [0.15, 0.2) is 72.9 Å². The molecule has 36 heavy (non-hydrogen) atoms. The van der Waals surface area contributed by atoms with Crippen LogP contribution in [0.3, 0.4) is 0 Å². The SMILES string of the molecule is COCCNC(=O)[C@@H](c1ccc(O)cc1)N(C(=O)CCC(=O)Nc1ccccn1)c1ccccc1F. The zero-order valence-electron chi connectivity index (χ0n) is 19.7. The fraction of sp³-hybridized carbons (Fsp3) is 0.231. The first-order valence-corrected chi connectivity index (χ1v) is 11.2. The molecule has 0 unspecified atom stereocenters. The molecule has 0 aliphatic heterocycles. The number of carbonyl (C=O) groups is 3. The van der Waals surface area contributed by atoms with Gasteiger partial charge in [-0.15, -0.1) is 0 Å². The Morgan fingerprint density at radius 1 is 1.03 bits per heavy atom. The maximum atomic E-state index is 14.9. The second-order valence-corrected chi connectivity index (χ2v) is 7.76. The number of rotatable bonds is 11. The number of pyridine rings is 1. The first-order chi connectivity index (χ1) is 17.4. The molecule has 0 saturated heterocycles. The van der Waals surface area contributed by atoms with Crippen molar-refractivity contribution in [2.45, 2.75) is 18.9 Å². The molecule has 1 atom stereocenters. The summed E-state index contributed by atoms with van der Waals surface area (Å²) in [5.41, 5.74) is 0.227. The van der Waals surface area contributed by atoms with E-state index < -0.39 is 29.6 Å². The molecule has 9 nitrogen and oxygen atoms in total. The minimum absolute atomic E-state index is 0.0350. The highest BCUT2D eigenvalue weighted by molar-refractivity contribution is 6.03. The summed E-state index contributed by atoms with van der Waals surface area (Å²) < 4.78 is 19.9. The van der Waals surface area contributed by atoms with Gasteiger partial charge in [0.05, 0.1) is 12.3 Å². The van der Waals surface area contributed by atoms with Crippen LogP contribution in [-0.4, -0.2) is 48.1 Å². The lowest BCUT2D eigenvalue weighted by Crippen LogP contribution is -2.45. The lowest BCUT2D eigenvalue weighted by molar-refractivity contribution is -0.127. The van der Waals surface area contributed by atoms with Crippen molar-refractivity contribution in [3.8, 4) is 5.75 Å². The Morgan fingerprint density at radius 2 is 1.75 bits per heavy atom. The highest BCUT2D eigenvalue weighted by Crippen LogP contribution is 2.31. The third-order valence-electron chi connectivity index (χ3n) is 5.20. The minimum atomic E-state index is -1.27. The molecule has 3 rings (SSSR count). The van der Waals surface area contributed by atoms with Crippen LogP contribution in [0, 0.1) is 5.82 Å². The molecule has 0 bridgehead atoms. The van der Waals surface area contributed by atoms with Gasteiger partial charge in [0.2, 0.25) is 17.7 Å². The van der Waals surface area contributed by atoms with Gasteiger partial charge in [0.15, 0.2) is 0 Å². The van der Waals surface area contributed by atoms with Crippen LogP contribution in [0.1, 0.15) is 24.4 Å². The van der Waals surface area contributed by atoms with Crippen molar-refractivity contribution < 1.29 is 28.6 Å². The maximum absolute atomic E-state index is 14.9. The molecule has 0 saturated carbocycles. The Balaban J connectivity index is 1.91. The van der Waals surface area contributed by atoms with E-state index in [9.17, 15) is 23.9 Å². The second-order valence-electron chi connectivity index (χ2n) is 7.76. The number of benzene rings is 2. The van der Waals surface area contributed by atoms with E-state index in [0.717, 1.165) is 4.90 Å². The van der Waals surface area contributed by atoms with E-state index in [4.69, 9.17) is 4.74 Å². The van der Waals surface area contributed by atoms with Gasteiger partial charge in [-0.2, -0.15) is 0 Å². The van der Waals surface area contributed by atoms with Gasteiger partial charge in [0, 0.05) is 32.7 Å². The number of hydrogen-bond donors (Lipinski definition) is 3. The molecule has 1 aromatic heterocycles. The molecule has 0 fully saturated rings. The summed E-state index contributed by atoms with van der Waals surface area (Å²) >= 11 is 0. The van der Waals surface area contributed by atoms with Crippen molar-refractivity contribution in [2.75, 3.05) is 30.5 Å². The number of phenols is 1. The first kappa shape index (κ1) is 26.3. The number of ether oxygens (including phenoxy) is 1. The van der Waals surface area contributed by atoms with Crippen molar-refractivity contribution in [1.29, 1.82) is 0 Å². The van der Waals surface area contributed by atoms with Crippen LogP contribution < -0.4 is 15.5 Å². The quantitative estimate of drug-likeness (QED) is 0.352. The van der Waals surface area contributed by atoms with Crippen molar-refractivity contribution >= 4 is 29.2 Å². The molecule has 188 valence electrons. The average molecular weight is 495 g/mol. The van der Waals surface area contributed by atoms with Gasteiger partial charge in [-0.05, 0) is 42.0 Å². The lowest BCUT2D eigenvalue weighted by Gasteiger charge is -2.32. The van der Waals surface area contributed by atoms with E-state index in [0.29, 0.717) is 11.4 Å². The fourth-order valence-corrected chi connectivity index (χ4v) is 3.49. The summed E-state index contributed by atoms with van der Waals surface area (Å²) in [5, 5.41) is 15.0. The first-order valence-electron chi connectivity index (χ1n) is 11.2. The molecule has 1 heterocycles. The summed E-state index contributed by atoms with van der Waals surface area (Å²) in [6.45, 7) is 0.394. The van der Waals surface area contributed by atoms with Crippen LogP contribution >= 0.6 is 0 Å². The second kappa shape index (κ2) is 13.0. The number of halogens is 1. The Labute approximate surface area is 207 Å². The van der Waals surface area contributed by atoms with Gasteiger partial charge in [-0.3, -0.25) is 19.3 Å². The number of carbonyl (C=O) groups excluding carboxylic acids is 3. The number of aromatic hydroxyl groups is 1. The zero-order chi connectivity index (χ0) is 25.9. The topological polar surface area (TPSA) is 121 Å². The largest absolute Gasteiger partial charge is 0.508 e. The van der Waals surface area contributed by atoms with Crippen LogP contribution in [-0.2, 0) is 19.1 Å². The van der Waals surface area contributed by atoms with E-state index in [-0.39, 0.29) is 37.4 Å². The summed E-state index contributed by atoms with van der Waals surface area (Å²) in [6, 6.07) is 15.0. The molecule has 3 amide bonds. The Bertz CT molecular complexity index is 1170. The maximum Gasteiger partial charge on any atom is 0.247 e. The standard InChI is InChI=1S/C26H27FN4O5/c1-36-17-16-29-26(35)25(18-9-11-19(32)12-10-18)31(21-7-3-2-6-20(21)27)24(34)14-13-23(33)30-22-8-4-5-15-28-22/h2-12,15,25,32H,13-14,16-17H2,1H3,(H,29,35)(H,28,30,33)/t25-/m1/s1. The van der Waals surface area contributed by atoms with E-state index in [1.54, 1.807) is 24.3 Å². The van der Waals surface area contributed by atoms with Crippen LogP contribution in [0.2, 0.25) is 0 Å². The molecule has 2 aromatic carbocycles. The van der Waals surface area contributed by atoms with E-state index in [2.05, 4.69) is 15.6 Å². The number of para-hydroxylation sites is 1. The van der Waals surface area contributed by atoms with Crippen molar-refractivity contribution in [3.63, 3.8) is 0 Å². The zero-order valence-corrected chi connectivity index (χ0v) is 19.7. The van der Waals surface area contributed by atoms with Gasteiger partial charge in [-0.1, -0.05) is 30.3 Å². The smallest absolute Gasteiger partial charge is 0.247 e. The Kier molecular flexibility index (Phi) is 9.47. The van der Waals surface area contributed by atoms with Crippen LogP contribution in [0.25, 0.3) is 0 Å². The minimum Gasteiger partial charge on any atom is -0.508 e. The molecular weight excluding hydrogens is 467 g/mol. The van der Waals surface area contributed by atoms with Crippen molar-refractivity contribution in [1.82, 2.24) is 10.3 Å². The van der Waals surface area contributed by atoms with Crippen molar-refractivity contribution in [2.24, 2.45) is 0 Å². The van der Waals surface area contributed by atoms with Crippen LogP contribution in [0.5, 0.6) is 5.75 Å². The fourth-order valence-electron chi connectivity index (χ4n) is 3.49. The number of anilines is 2. The number of methoxy groups -OCH3 is 1. The monoisotopic (exact) mass is 494 g/mol. The van der Waals surface area contributed by atoms with Gasteiger partial charge in [0.25, 0.3) is 0 Å². The predicted molar refractivity (Wildman–Crippen MR) is 132 cm³/mol. The van der Waals surface area contributed by atoms with E-state index in [1.165, 1.54) is 55.8 Å². The van der Waals surface area contributed by atoms with E-state index >= 15 is 0 Å². The van der Waals surface area contributed by atoms with Crippen molar-refractivity contribution in [3.05, 3.63) is 84.3 Å². The summed E-state index contributed by atoms with van der Waals surface area (Å²) in [4.78, 5) is 44.2. The molecule has 0 spiro atoms. The Hall–Kier alpha value is -4.31. The molecule has 0 radical (unpaired) electrons. The number of hydrogen-bond acceptors (Lipinski definition) is 6. The van der Waals surface area contributed by atoms with Crippen LogP contribution in [0.4, 0.5) is 15.9 Å². The molecule has 10 heteroatoms. The molecular formula is C26H27FN4O5. The number of amides is 3. The van der Waals surface area contributed by atoms with Gasteiger partial charge in [0.1, 0.15) is 23.4 Å². The average Bonchev–Trinajstić information content (AvgIpc) is 2.88. The van der Waals surface area contributed by atoms with Gasteiger partial charge in [-0.25, -0.2) is 9.37 Å². The summed E-state index contributed by atoms with van der Waals surface area (Å²) in [5.74, 6) is -2.09. The third kappa shape index (κ3) is 7.09. The molecule has 0 aliphatic rings. The number of aromatic nitrogens is 1. The van der Waals surface area contributed by atoms with Gasteiger partial charge < -0.3 is 20.5 Å². The summed E-state index contributed by atoms with van der Waals surface area (Å²) in [6.07, 6.45) is 1.01. The normalized spacial score (nSPS) is 11.4. The van der Waals surface area contributed by atoms with E-state index in [1.807, 2.05) is 0 Å². The summed E-state index contributed by atoms with van der Waals surface area (Å²) in [7, 11) is 1.48. The van der Waals surface area contributed by atoms with Gasteiger partial charge >= 0.3 is 0 Å². The highest BCUT2D eigenvalue weighted by atomic mass is 19.1.